The maximum Gasteiger partial charge on any atom is 0.264 e. The topological polar surface area (TPSA) is 157 Å². The van der Waals surface area contributed by atoms with Crippen molar-refractivity contribution in [1.29, 1.82) is 0 Å². The van der Waals surface area contributed by atoms with E-state index in [4.69, 9.17) is 16.2 Å². The van der Waals surface area contributed by atoms with Gasteiger partial charge in [0.15, 0.2) is 19.7 Å². The standard InChI is InChI=1S/C9H12O2S.C8H9ClO2S.C3H9S.C2H5ClO2S.C2H6O3S/c1-3-12(10,11)9-6-4-8(2)5-7-9;1-2-12(10,11)8-5-3-7(9)4-6-8;1-4(2)3;2*1-2-6(3,4)5/h4-7H,3H2,1-2H3;3-6H,2H2,1H3;1-3H3;2H2,1H3;2H2,1H3,(H,3,4,5)/q;;+1;;. The molecule has 0 spiro atoms. The normalized spacial score (nSPS) is 11.3. The molecule has 234 valence electrons. The van der Waals surface area contributed by atoms with Gasteiger partial charge in [0.05, 0.1) is 51.6 Å². The minimum absolute atomic E-state index is 0.00849. The lowest BCUT2D eigenvalue weighted by atomic mass is 10.2. The van der Waals surface area contributed by atoms with Crippen LogP contribution in [0.2, 0.25) is 5.02 Å². The Kier molecular flexibility index (Phi) is 22.8. The van der Waals surface area contributed by atoms with Crippen LogP contribution in [-0.2, 0) is 49.7 Å². The number of sulfone groups is 2. The lowest BCUT2D eigenvalue weighted by Crippen LogP contribution is -2.02. The van der Waals surface area contributed by atoms with Crippen LogP contribution in [0.5, 0.6) is 0 Å². The lowest BCUT2D eigenvalue weighted by Gasteiger charge is -2.00. The van der Waals surface area contributed by atoms with Gasteiger partial charge in [0.25, 0.3) is 10.1 Å². The van der Waals surface area contributed by atoms with E-state index in [2.05, 4.69) is 29.4 Å². The molecule has 0 aromatic heterocycles. The number of halogens is 2. The first-order valence-electron chi connectivity index (χ1n) is 11.6. The van der Waals surface area contributed by atoms with E-state index in [1.54, 1.807) is 38.1 Å². The fourth-order valence-corrected chi connectivity index (χ4v) is 3.62. The third kappa shape index (κ3) is 26.1. The first-order valence-corrected chi connectivity index (χ1v) is 21.8. The van der Waals surface area contributed by atoms with Gasteiger partial charge < -0.3 is 0 Å². The van der Waals surface area contributed by atoms with Crippen molar-refractivity contribution in [3.8, 4) is 0 Å². The summed E-state index contributed by atoms with van der Waals surface area (Å²) < 4.78 is 91.6. The summed E-state index contributed by atoms with van der Waals surface area (Å²) >= 11 is 5.61. The zero-order valence-electron chi connectivity index (χ0n) is 24.0. The molecule has 0 aliphatic carbocycles. The predicted molar refractivity (Wildman–Crippen MR) is 171 cm³/mol. The average Bonchev–Trinajstić information content (AvgIpc) is 2.84. The van der Waals surface area contributed by atoms with E-state index in [1.165, 1.54) is 26.0 Å². The molecule has 0 bridgehead atoms. The van der Waals surface area contributed by atoms with Crippen molar-refractivity contribution in [3.05, 3.63) is 59.1 Å². The summed E-state index contributed by atoms with van der Waals surface area (Å²) in [6.45, 7) is 8.05. The molecule has 1 N–H and O–H groups in total. The molecule has 0 aliphatic rings. The first-order chi connectivity index (χ1) is 18.0. The third-order valence-corrected chi connectivity index (χ3v) is 9.85. The highest BCUT2D eigenvalue weighted by Gasteiger charge is 2.10. The molecule has 9 nitrogen and oxygen atoms in total. The monoisotopic (exact) mass is 703 g/mol. The predicted octanol–water partition coefficient (Wildman–Crippen LogP) is 4.89. The van der Waals surface area contributed by atoms with Gasteiger partial charge in [0.2, 0.25) is 9.05 Å². The number of hydrogen-bond acceptors (Lipinski definition) is 8. The Balaban J connectivity index is -0.000000457. The largest absolute Gasteiger partial charge is 0.286 e. The van der Waals surface area contributed by atoms with E-state index in [9.17, 15) is 33.7 Å². The Labute approximate surface area is 254 Å². The van der Waals surface area contributed by atoms with Crippen molar-refractivity contribution in [2.75, 3.05) is 41.8 Å². The molecule has 0 fully saturated rings. The highest BCUT2D eigenvalue weighted by Crippen LogP contribution is 2.15. The summed E-state index contributed by atoms with van der Waals surface area (Å²) in [7, 11) is -7.61. The van der Waals surface area contributed by atoms with E-state index in [1.807, 2.05) is 19.1 Å². The van der Waals surface area contributed by atoms with Crippen molar-refractivity contribution < 1.29 is 38.2 Å². The fourth-order valence-electron chi connectivity index (χ4n) is 1.72. The van der Waals surface area contributed by atoms with Gasteiger partial charge in [0, 0.05) is 15.7 Å². The van der Waals surface area contributed by atoms with Crippen molar-refractivity contribution in [2.24, 2.45) is 0 Å². The van der Waals surface area contributed by atoms with E-state index in [0.29, 0.717) is 25.7 Å². The summed E-state index contributed by atoms with van der Waals surface area (Å²) in [5.74, 6) is 0.0895. The van der Waals surface area contributed by atoms with Crippen LogP contribution in [0.15, 0.2) is 58.3 Å². The quantitative estimate of drug-likeness (QED) is 0.251. The number of rotatable bonds is 6. The highest BCUT2D eigenvalue weighted by atomic mass is 35.7. The molecule has 0 radical (unpaired) electrons. The van der Waals surface area contributed by atoms with Crippen LogP contribution < -0.4 is 0 Å². The van der Waals surface area contributed by atoms with Gasteiger partial charge in [-0.3, -0.25) is 4.55 Å². The Morgan fingerprint density at radius 1 is 0.625 bits per heavy atom. The van der Waals surface area contributed by atoms with Crippen molar-refractivity contribution in [3.63, 3.8) is 0 Å². The molecule has 0 aliphatic heterocycles. The highest BCUT2D eigenvalue weighted by molar-refractivity contribution is 8.13. The number of aryl methyl sites for hydroxylation is 1. The van der Waals surface area contributed by atoms with Crippen molar-refractivity contribution in [1.82, 2.24) is 0 Å². The van der Waals surface area contributed by atoms with Gasteiger partial charge in [-0.25, -0.2) is 25.3 Å². The van der Waals surface area contributed by atoms with Crippen LogP contribution in [0.3, 0.4) is 0 Å². The van der Waals surface area contributed by atoms with E-state index in [0.717, 1.165) is 5.56 Å². The second kappa shape index (κ2) is 20.9. The zero-order valence-corrected chi connectivity index (χ0v) is 29.6. The van der Waals surface area contributed by atoms with Gasteiger partial charge in [-0.05, 0) is 61.1 Å². The maximum atomic E-state index is 11.3. The first kappa shape index (κ1) is 43.6. The second-order valence-corrected chi connectivity index (χ2v) is 20.2. The summed E-state index contributed by atoms with van der Waals surface area (Å²) in [5, 5.41) is 0.546. The molecule has 0 saturated heterocycles. The molecule has 40 heavy (non-hydrogen) atoms. The van der Waals surface area contributed by atoms with E-state index >= 15 is 0 Å². The molecular formula is C24H41Cl2O9S5+. The van der Waals surface area contributed by atoms with Crippen LogP contribution >= 0.6 is 22.3 Å². The van der Waals surface area contributed by atoms with Gasteiger partial charge >= 0.3 is 0 Å². The third-order valence-electron chi connectivity index (χ3n) is 4.02. The van der Waals surface area contributed by atoms with E-state index < -0.39 is 38.8 Å². The molecule has 0 saturated carbocycles. The average molecular weight is 705 g/mol. The minimum Gasteiger partial charge on any atom is -0.286 e. The summed E-state index contributed by atoms with van der Waals surface area (Å²) in [4.78, 5) is 0.741. The Morgan fingerprint density at radius 2 is 0.875 bits per heavy atom. The molecule has 0 atom stereocenters. The fraction of sp³-hybridized carbons (Fsp3) is 0.500. The second-order valence-electron chi connectivity index (χ2n) is 8.00. The summed E-state index contributed by atoms with van der Waals surface area (Å²) in [6, 6.07) is 13.1. The molecular weight excluding hydrogens is 663 g/mol. The van der Waals surface area contributed by atoms with Crippen LogP contribution in [0.4, 0.5) is 0 Å². The molecule has 2 aromatic rings. The summed E-state index contributed by atoms with van der Waals surface area (Å²) in [5.41, 5.74) is 1.07. The van der Waals surface area contributed by atoms with Crippen LogP contribution in [0.1, 0.15) is 33.3 Å². The molecule has 0 heterocycles. The smallest absolute Gasteiger partial charge is 0.264 e. The van der Waals surface area contributed by atoms with Gasteiger partial charge in [0.1, 0.15) is 0 Å². The molecule has 0 unspecified atom stereocenters. The molecule has 2 aromatic carbocycles. The van der Waals surface area contributed by atoms with Crippen LogP contribution in [0, 0.1) is 6.92 Å². The van der Waals surface area contributed by atoms with Gasteiger partial charge in [-0.2, -0.15) is 8.42 Å². The van der Waals surface area contributed by atoms with Gasteiger partial charge in [-0.15, -0.1) is 0 Å². The maximum absolute atomic E-state index is 11.3. The van der Waals surface area contributed by atoms with Crippen LogP contribution in [-0.4, -0.2) is 80.0 Å². The Morgan fingerprint density at radius 3 is 1.07 bits per heavy atom. The number of benzene rings is 2. The summed E-state index contributed by atoms with van der Waals surface area (Å²) in [6.07, 6.45) is 6.58. The van der Waals surface area contributed by atoms with E-state index in [-0.39, 0.29) is 23.0 Å². The zero-order chi connectivity index (χ0) is 32.4. The van der Waals surface area contributed by atoms with Crippen molar-refractivity contribution >= 4 is 72.0 Å². The van der Waals surface area contributed by atoms with Crippen LogP contribution in [0.25, 0.3) is 0 Å². The Bertz CT molecular complexity index is 1280. The molecule has 16 heteroatoms. The number of hydrogen-bond donors (Lipinski definition) is 1. The minimum atomic E-state index is -3.66. The molecule has 2 rings (SSSR count). The SMILES string of the molecule is CCS(=O)(=O)Cl.CCS(=O)(=O)O.CCS(=O)(=O)c1ccc(C)cc1.CCS(=O)(=O)c1ccc(Cl)cc1.C[S+](C)C. The van der Waals surface area contributed by atoms with Gasteiger partial charge in [-0.1, -0.05) is 50.1 Å². The lowest BCUT2D eigenvalue weighted by molar-refractivity contribution is 0.484. The van der Waals surface area contributed by atoms with Crippen molar-refractivity contribution in [2.45, 2.75) is 44.4 Å². The molecule has 0 amide bonds. The Hall–Kier alpha value is -0.870.